The Bertz CT molecular complexity index is 315. The molecule has 4 heteroatoms. The molecule has 0 aromatic carbocycles. The first-order chi connectivity index (χ1) is 9.31. The van der Waals surface area contributed by atoms with E-state index in [4.69, 9.17) is 0 Å². The molecule has 0 radical (unpaired) electrons. The Kier molecular flexibility index (Phi) is 4.38. The second-order valence-corrected chi connectivity index (χ2v) is 6.50. The Morgan fingerprint density at radius 3 is 3.00 bits per heavy atom. The number of carbonyl (C=O) groups excluding carboxylic acids is 1. The van der Waals surface area contributed by atoms with Crippen molar-refractivity contribution in [1.29, 1.82) is 0 Å². The number of carbonyl (C=O) groups is 1. The second-order valence-electron chi connectivity index (χ2n) is 6.50. The van der Waals surface area contributed by atoms with Crippen molar-refractivity contribution in [3.8, 4) is 0 Å². The van der Waals surface area contributed by atoms with Gasteiger partial charge in [-0.05, 0) is 51.1 Å². The van der Waals surface area contributed by atoms with Gasteiger partial charge in [-0.25, -0.2) is 0 Å². The van der Waals surface area contributed by atoms with E-state index in [0.717, 1.165) is 31.8 Å². The standard InChI is InChI=1S/C15H27N3O/c19-15-5-4-12-11-18(10-7-14(12)17-15)9-6-13-3-1-2-8-16-13/h12-14,16H,1-11H2,(H,17,19). The summed E-state index contributed by atoms with van der Waals surface area (Å²) in [7, 11) is 0. The number of piperidine rings is 3. The van der Waals surface area contributed by atoms with Crippen LogP contribution in [0, 0.1) is 5.92 Å². The fourth-order valence-corrected chi connectivity index (χ4v) is 3.90. The molecule has 0 saturated carbocycles. The molecule has 3 aliphatic rings. The maximum Gasteiger partial charge on any atom is 0.220 e. The van der Waals surface area contributed by atoms with Crippen LogP contribution in [0.5, 0.6) is 0 Å². The van der Waals surface area contributed by atoms with Gasteiger partial charge in [0.05, 0.1) is 0 Å². The van der Waals surface area contributed by atoms with Gasteiger partial charge < -0.3 is 15.5 Å². The number of likely N-dealkylation sites (tertiary alicyclic amines) is 1. The Labute approximate surface area is 116 Å². The predicted octanol–water partition coefficient (Wildman–Crippen LogP) is 1.12. The highest BCUT2D eigenvalue weighted by atomic mass is 16.1. The van der Waals surface area contributed by atoms with Gasteiger partial charge in [0.15, 0.2) is 0 Å². The van der Waals surface area contributed by atoms with E-state index < -0.39 is 0 Å². The Balaban J connectivity index is 1.42. The first-order valence-electron chi connectivity index (χ1n) is 8.06. The lowest BCUT2D eigenvalue weighted by atomic mass is 9.85. The Morgan fingerprint density at radius 1 is 1.21 bits per heavy atom. The van der Waals surface area contributed by atoms with Crippen LogP contribution in [0.4, 0.5) is 0 Å². The van der Waals surface area contributed by atoms with E-state index >= 15 is 0 Å². The maximum atomic E-state index is 11.4. The van der Waals surface area contributed by atoms with E-state index in [-0.39, 0.29) is 5.91 Å². The lowest BCUT2D eigenvalue weighted by molar-refractivity contribution is -0.125. The smallest absolute Gasteiger partial charge is 0.220 e. The highest BCUT2D eigenvalue weighted by molar-refractivity contribution is 5.77. The number of hydrogen-bond acceptors (Lipinski definition) is 3. The molecule has 0 aromatic rings. The fraction of sp³-hybridized carbons (Fsp3) is 0.933. The summed E-state index contributed by atoms with van der Waals surface area (Å²) >= 11 is 0. The molecule has 2 N–H and O–H groups in total. The van der Waals surface area contributed by atoms with E-state index in [2.05, 4.69) is 15.5 Å². The van der Waals surface area contributed by atoms with Gasteiger partial charge in [0, 0.05) is 31.6 Å². The number of nitrogens with zero attached hydrogens (tertiary/aromatic N) is 1. The summed E-state index contributed by atoms with van der Waals surface area (Å²) < 4.78 is 0. The molecule has 108 valence electrons. The van der Waals surface area contributed by atoms with Crippen molar-refractivity contribution in [2.45, 2.75) is 57.0 Å². The summed E-state index contributed by atoms with van der Waals surface area (Å²) in [4.78, 5) is 14.0. The van der Waals surface area contributed by atoms with Gasteiger partial charge >= 0.3 is 0 Å². The molecule has 3 aliphatic heterocycles. The van der Waals surface area contributed by atoms with Gasteiger partial charge in [0.25, 0.3) is 0 Å². The summed E-state index contributed by atoms with van der Waals surface area (Å²) in [5, 5.41) is 6.80. The third-order valence-corrected chi connectivity index (χ3v) is 5.11. The van der Waals surface area contributed by atoms with Gasteiger partial charge in [-0.15, -0.1) is 0 Å². The third-order valence-electron chi connectivity index (χ3n) is 5.11. The molecule has 1 amide bonds. The minimum atomic E-state index is 0.265. The average Bonchev–Trinajstić information content (AvgIpc) is 2.46. The highest BCUT2D eigenvalue weighted by Gasteiger charge is 2.33. The summed E-state index contributed by atoms with van der Waals surface area (Å²) in [6.07, 6.45) is 8.38. The maximum absolute atomic E-state index is 11.4. The largest absolute Gasteiger partial charge is 0.353 e. The van der Waals surface area contributed by atoms with Gasteiger partial charge in [-0.2, -0.15) is 0 Å². The SMILES string of the molecule is O=C1CCC2CN(CCC3CCCCN3)CCC2N1. The lowest BCUT2D eigenvalue weighted by Gasteiger charge is -2.42. The van der Waals surface area contributed by atoms with Crippen LogP contribution in [0.15, 0.2) is 0 Å². The molecule has 3 heterocycles. The monoisotopic (exact) mass is 265 g/mol. The summed E-state index contributed by atoms with van der Waals surface area (Å²) in [6.45, 7) is 4.79. The minimum Gasteiger partial charge on any atom is -0.353 e. The molecule has 0 bridgehead atoms. The van der Waals surface area contributed by atoms with Gasteiger partial charge in [-0.1, -0.05) is 6.42 Å². The van der Waals surface area contributed by atoms with Crippen molar-refractivity contribution in [2.75, 3.05) is 26.2 Å². The molecule has 4 nitrogen and oxygen atoms in total. The van der Waals surface area contributed by atoms with Crippen molar-refractivity contribution in [1.82, 2.24) is 15.5 Å². The molecule has 19 heavy (non-hydrogen) atoms. The Morgan fingerprint density at radius 2 is 2.16 bits per heavy atom. The Hall–Kier alpha value is -0.610. The van der Waals surface area contributed by atoms with E-state index in [1.165, 1.54) is 45.3 Å². The molecule has 3 fully saturated rings. The van der Waals surface area contributed by atoms with E-state index in [9.17, 15) is 4.79 Å². The lowest BCUT2D eigenvalue weighted by Crippen LogP contribution is -2.54. The van der Waals surface area contributed by atoms with Crippen molar-refractivity contribution in [2.24, 2.45) is 5.92 Å². The molecule has 0 spiro atoms. The summed E-state index contributed by atoms with van der Waals surface area (Å²) in [5.41, 5.74) is 0. The normalized spacial score (nSPS) is 36.6. The van der Waals surface area contributed by atoms with Crippen LogP contribution < -0.4 is 10.6 Å². The molecule has 3 atom stereocenters. The minimum absolute atomic E-state index is 0.265. The van der Waals surface area contributed by atoms with Crippen LogP contribution in [0.2, 0.25) is 0 Å². The van der Waals surface area contributed by atoms with Gasteiger partial charge in [0.1, 0.15) is 0 Å². The molecule has 3 rings (SSSR count). The van der Waals surface area contributed by atoms with Gasteiger partial charge in [-0.3, -0.25) is 4.79 Å². The molecule has 0 aliphatic carbocycles. The number of rotatable bonds is 3. The van der Waals surface area contributed by atoms with Crippen LogP contribution in [-0.2, 0) is 4.79 Å². The number of amides is 1. The highest BCUT2D eigenvalue weighted by Crippen LogP contribution is 2.25. The molecular weight excluding hydrogens is 238 g/mol. The average molecular weight is 265 g/mol. The molecular formula is C15H27N3O. The zero-order valence-electron chi connectivity index (χ0n) is 11.9. The van der Waals surface area contributed by atoms with Crippen molar-refractivity contribution >= 4 is 5.91 Å². The fourth-order valence-electron chi connectivity index (χ4n) is 3.90. The zero-order valence-corrected chi connectivity index (χ0v) is 11.9. The van der Waals surface area contributed by atoms with Crippen LogP contribution in [0.1, 0.15) is 44.9 Å². The number of nitrogens with one attached hydrogen (secondary N) is 2. The van der Waals surface area contributed by atoms with E-state index in [1.54, 1.807) is 0 Å². The quantitative estimate of drug-likeness (QED) is 0.804. The molecule has 3 saturated heterocycles. The summed E-state index contributed by atoms with van der Waals surface area (Å²) in [5.74, 6) is 0.965. The van der Waals surface area contributed by atoms with Crippen LogP contribution in [0.3, 0.4) is 0 Å². The number of fused-ring (bicyclic) bond motifs is 1. The van der Waals surface area contributed by atoms with E-state index in [1.807, 2.05) is 0 Å². The van der Waals surface area contributed by atoms with E-state index in [0.29, 0.717) is 12.0 Å². The van der Waals surface area contributed by atoms with Crippen LogP contribution in [0.25, 0.3) is 0 Å². The first-order valence-corrected chi connectivity index (χ1v) is 8.06. The molecule has 3 unspecified atom stereocenters. The topological polar surface area (TPSA) is 44.4 Å². The zero-order chi connectivity index (χ0) is 13.1. The van der Waals surface area contributed by atoms with Crippen molar-refractivity contribution in [3.63, 3.8) is 0 Å². The van der Waals surface area contributed by atoms with Crippen LogP contribution >= 0.6 is 0 Å². The third kappa shape index (κ3) is 3.48. The first kappa shape index (κ1) is 13.4. The summed E-state index contributed by atoms with van der Waals surface area (Å²) in [6, 6.07) is 1.21. The van der Waals surface area contributed by atoms with Crippen LogP contribution in [-0.4, -0.2) is 49.1 Å². The molecule has 0 aromatic heterocycles. The van der Waals surface area contributed by atoms with Gasteiger partial charge in [0.2, 0.25) is 5.91 Å². The van der Waals surface area contributed by atoms with Crippen molar-refractivity contribution < 1.29 is 4.79 Å². The van der Waals surface area contributed by atoms with Crippen molar-refractivity contribution in [3.05, 3.63) is 0 Å². The predicted molar refractivity (Wildman–Crippen MR) is 76.0 cm³/mol. The second kappa shape index (κ2) is 6.23. The number of hydrogen-bond donors (Lipinski definition) is 2.